The van der Waals surface area contributed by atoms with Crippen LogP contribution in [0.2, 0.25) is 0 Å². The van der Waals surface area contributed by atoms with Crippen LogP contribution in [0.15, 0.2) is 0 Å². The van der Waals surface area contributed by atoms with Crippen LogP contribution in [0.25, 0.3) is 0 Å². The highest BCUT2D eigenvalue weighted by molar-refractivity contribution is 4.97. The monoisotopic (exact) mass is 289 g/mol. The minimum Gasteiger partial charge on any atom is -0.382 e. The van der Waals surface area contributed by atoms with Gasteiger partial charge in [-0.15, -0.1) is 0 Å². The van der Waals surface area contributed by atoms with E-state index in [1.807, 2.05) is 0 Å². The summed E-state index contributed by atoms with van der Waals surface area (Å²) in [6.07, 6.45) is 1.32. The van der Waals surface area contributed by atoms with Gasteiger partial charge in [-0.2, -0.15) is 0 Å². The highest BCUT2D eigenvalue weighted by atomic mass is 16.6. The fourth-order valence-corrected chi connectivity index (χ4v) is 2.27. The van der Waals surface area contributed by atoms with Crippen molar-refractivity contribution >= 4 is 0 Å². The highest BCUT2D eigenvalue weighted by Gasteiger charge is 2.42. The molecular formula is C15H31NO4. The molecule has 1 aliphatic carbocycles. The van der Waals surface area contributed by atoms with Gasteiger partial charge in [-0.3, -0.25) is 0 Å². The average molecular weight is 289 g/mol. The Balaban J connectivity index is 2.15. The van der Waals surface area contributed by atoms with Crippen LogP contribution in [0, 0.1) is 5.92 Å². The van der Waals surface area contributed by atoms with E-state index in [0.717, 1.165) is 19.6 Å². The van der Waals surface area contributed by atoms with Crippen LogP contribution >= 0.6 is 0 Å². The minimum absolute atomic E-state index is 0.134. The molecule has 0 amide bonds. The van der Waals surface area contributed by atoms with Gasteiger partial charge in [-0.05, 0) is 18.9 Å². The van der Waals surface area contributed by atoms with Crippen molar-refractivity contribution in [3.05, 3.63) is 0 Å². The molecular weight excluding hydrogens is 258 g/mol. The van der Waals surface area contributed by atoms with Crippen molar-refractivity contribution in [3.63, 3.8) is 0 Å². The van der Waals surface area contributed by atoms with E-state index in [2.05, 4.69) is 26.1 Å². The molecule has 0 radical (unpaired) electrons. The van der Waals surface area contributed by atoms with Gasteiger partial charge in [-0.25, -0.2) is 0 Å². The maximum atomic E-state index is 5.85. The van der Waals surface area contributed by atoms with Crippen molar-refractivity contribution in [2.24, 2.45) is 5.92 Å². The van der Waals surface area contributed by atoms with Crippen LogP contribution in [0.4, 0.5) is 0 Å². The molecule has 3 atom stereocenters. The van der Waals surface area contributed by atoms with E-state index in [9.17, 15) is 0 Å². The third kappa shape index (κ3) is 6.50. The second-order valence-corrected chi connectivity index (χ2v) is 5.61. The fraction of sp³-hybridized carbons (Fsp3) is 1.00. The minimum atomic E-state index is 0.134. The normalized spacial score (nSPS) is 25.9. The molecule has 0 aliphatic heterocycles. The lowest BCUT2D eigenvalue weighted by Gasteiger charge is -2.44. The summed E-state index contributed by atoms with van der Waals surface area (Å²) >= 11 is 0. The zero-order valence-electron chi connectivity index (χ0n) is 13.4. The summed E-state index contributed by atoms with van der Waals surface area (Å²) in [5.74, 6) is 0.571. The van der Waals surface area contributed by atoms with Crippen molar-refractivity contribution in [2.45, 2.75) is 45.4 Å². The van der Waals surface area contributed by atoms with Gasteiger partial charge in [0.25, 0.3) is 0 Å². The number of likely N-dealkylation sites (N-methyl/N-ethyl adjacent to an activating group) is 1. The van der Waals surface area contributed by atoms with Crippen molar-refractivity contribution in [1.82, 2.24) is 5.32 Å². The van der Waals surface area contributed by atoms with Gasteiger partial charge < -0.3 is 24.3 Å². The second kappa shape index (κ2) is 10.5. The number of methoxy groups -OCH3 is 1. The molecule has 120 valence electrons. The number of hydrogen-bond donors (Lipinski definition) is 1. The quantitative estimate of drug-likeness (QED) is 0.551. The van der Waals surface area contributed by atoms with Gasteiger partial charge in [-0.1, -0.05) is 20.8 Å². The summed E-state index contributed by atoms with van der Waals surface area (Å²) in [4.78, 5) is 0. The summed E-state index contributed by atoms with van der Waals surface area (Å²) < 4.78 is 22.2. The van der Waals surface area contributed by atoms with E-state index in [1.54, 1.807) is 7.11 Å². The molecule has 5 nitrogen and oxygen atoms in total. The third-order valence-corrected chi connectivity index (χ3v) is 3.32. The molecule has 20 heavy (non-hydrogen) atoms. The highest BCUT2D eigenvalue weighted by Crippen LogP contribution is 2.27. The lowest BCUT2D eigenvalue weighted by Crippen LogP contribution is -2.60. The van der Waals surface area contributed by atoms with Crippen molar-refractivity contribution in [1.29, 1.82) is 0 Å². The topological polar surface area (TPSA) is 49.0 Å². The Morgan fingerprint density at radius 2 is 1.85 bits per heavy atom. The van der Waals surface area contributed by atoms with Crippen molar-refractivity contribution in [3.8, 4) is 0 Å². The molecule has 0 spiro atoms. The summed E-state index contributed by atoms with van der Waals surface area (Å²) in [6, 6.07) is 0.401. The Hall–Kier alpha value is -0.200. The Morgan fingerprint density at radius 1 is 1.10 bits per heavy atom. The zero-order chi connectivity index (χ0) is 14.8. The lowest BCUT2D eigenvalue weighted by atomic mass is 9.85. The first kappa shape index (κ1) is 17.9. The number of nitrogens with one attached hydrogen (secondary N) is 1. The summed E-state index contributed by atoms with van der Waals surface area (Å²) in [7, 11) is 1.69. The van der Waals surface area contributed by atoms with Gasteiger partial charge in [0.05, 0.1) is 38.6 Å². The van der Waals surface area contributed by atoms with Crippen LogP contribution in [0.1, 0.15) is 27.2 Å². The molecule has 1 saturated carbocycles. The molecule has 5 heteroatoms. The first-order valence-electron chi connectivity index (χ1n) is 7.72. The second-order valence-electron chi connectivity index (χ2n) is 5.61. The van der Waals surface area contributed by atoms with E-state index < -0.39 is 0 Å². The van der Waals surface area contributed by atoms with E-state index in [-0.39, 0.29) is 12.2 Å². The molecule has 0 aromatic heterocycles. The molecule has 3 unspecified atom stereocenters. The van der Waals surface area contributed by atoms with Crippen molar-refractivity contribution < 1.29 is 18.9 Å². The van der Waals surface area contributed by atoms with E-state index in [0.29, 0.717) is 38.4 Å². The molecule has 1 rings (SSSR count). The van der Waals surface area contributed by atoms with Crippen molar-refractivity contribution in [2.75, 3.05) is 46.7 Å². The van der Waals surface area contributed by atoms with Gasteiger partial charge in [0.1, 0.15) is 0 Å². The summed E-state index contributed by atoms with van der Waals surface area (Å²) in [5, 5.41) is 3.43. The maximum absolute atomic E-state index is 5.85. The molecule has 0 saturated heterocycles. The number of hydrogen-bond acceptors (Lipinski definition) is 5. The summed E-state index contributed by atoms with van der Waals surface area (Å²) in [5.41, 5.74) is 0. The largest absolute Gasteiger partial charge is 0.382 e. The van der Waals surface area contributed by atoms with E-state index in [4.69, 9.17) is 18.9 Å². The maximum Gasteiger partial charge on any atom is 0.0991 e. The van der Waals surface area contributed by atoms with Crippen LogP contribution < -0.4 is 5.32 Å². The Bertz CT molecular complexity index is 238. The standard InChI is InChI=1S/C15H31NO4/c1-5-16-13-10-14(15(13)20-8-6-17-4)19-9-7-18-11-12(2)3/h12-16H,5-11H2,1-4H3. The first-order chi connectivity index (χ1) is 9.69. The molecule has 1 aliphatic rings. The Kier molecular flexibility index (Phi) is 9.39. The molecule has 0 heterocycles. The molecule has 0 aromatic rings. The lowest BCUT2D eigenvalue weighted by molar-refractivity contribution is -0.157. The van der Waals surface area contributed by atoms with E-state index >= 15 is 0 Å². The van der Waals surface area contributed by atoms with Gasteiger partial charge >= 0.3 is 0 Å². The van der Waals surface area contributed by atoms with Gasteiger partial charge in [0.2, 0.25) is 0 Å². The van der Waals surface area contributed by atoms with Crippen LogP contribution in [0.5, 0.6) is 0 Å². The van der Waals surface area contributed by atoms with E-state index in [1.165, 1.54) is 0 Å². The third-order valence-electron chi connectivity index (χ3n) is 3.32. The SMILES string of the molecule is CCNC1CC(OCCOCC(C)C)C1OCCOC. The Labute approximate surface area is 123 Å². The first-order valence-corrected chi connectivity index (χ1v) is 7.72. The van der Waals surface area contributed by atoms with Crippen LogP contribution in [0.3, 0.4) is 0 Å². The molecule has 1 N–H and O–H groups in total. The number of ether oxygens (including phenoxy) is 4. The predicted molar refractivity (Wildman–Crippen MR) is 79.1 cm³/mol. The predicted octanol–water partition coefficient (Wildman–Crippen LogP) is 1.46. The molecule has 1 fully saturated rings. The van der Waals surface area contributed by atoms with Crippen LogP contribution in [-0.2, 0) is 18.9 Å². The number of rotatable bonds is 12. The summed E-state index contributed by atoms with van der Waals surface area (Å²) in [6.45, 7) is 10.7. The fourth-order valence-electron chi connectivity index (χ4n) is 2.27. The Morgan fingerprint density at radius 3 is 2.50 bits per heavy atom. The molecule has 0 aromatic carbocycles. The van der Waals surface area contributed by atoms with Gasteiger partial charge in [0, 0.05) is 19.8 Å². The smallest absolute Gasteiger partial charge is 0.0991 e. The van der Waals surface area contributed by atoms with Gasteiger partial charge in [0.15, 0.2) is 0 Å². The average Bonchev–Trinajstić information content (AvgIpc) is 2.40. The van der Waals surface area contributed by atoms with Crippen LogP contribution in [-0.4, -0.2) is 64.9 Å². The molecule has 0 bridgehead atoms. The zero-order valence-corrected chi connectivity index (χ0v) is 13.4.